The fourth-order valence-corrected chi connectivity index (χ4v) is 1.76. The van der Waals surface area contributed by atoms with Crippen molar-refractivity contribution in [1.29, 1.82) is 0 Å². The zero-order valence-electron chi connectivity index (χ0n) is 7.36. The number of hydrogen-bond donors (Lipinski definition) is 1. The Bertz CT molecular complexity index is 519. The average Bonchev–Trinajstić information content (AvgIpc) is 2.43. The number of fused-ring (bicyclic) bond motifs is 1. The van der Waals surface area contributed by atoms with Crippen molar-refractivity contribution in [3.8, 4) is 0 Å². The molecule has 2 aromatic rings. The fourth-order valence-electron chi connectivity index (χ4n) is 1.41. The van der Waals surface area contributed by atoms with Crippen LogP contribution in [0.5, 0.6) is 0 Å². The van der Waals surface area contributed by atoms with Crippen molar-refractivity contribution in [3.05, 3.63) is 28.6 Å². The number of carbonyl (C=O) groups is 1. The minimum Gasteiger partial charge on any atom is -0.477 e. The largest absolute Gasteiger partial charge is 0.477 e. The van der Waals surface area contributed by atoms with Gasteiger partial charge >= 0.3 is 5.97 Å². The molecule has 72 valence electrons. The number of nitrogens with zero attached hydrogens (tertiary/aromatic N) is 2. The Morgan fingerprint density at radius 1 is 1.57 bits per heavy atom. The molecule has 0 bridgehead atoms. The summed E-state index contributed by atoms with van der Waals surface area (Å²) in [5.41, 5.74) is 1.07. The van der Waals surface area contributed by atoms with Crippen molar-refractivity contribution in [2.24, 2.45) is 7.05 Å². The van der Waals surface area contributed by atoms with E-state index in [2.05, 4.69) is 20.9 Å². The van der Waals surface area contributed by atoms with E-state index in [1.54, 1.807) is 29.9 Å². The lowest BCUT2D eigenvalue weighted by atomic mass is 10.3. The lowest BCUT2D eigenvalue weighted by Gasteiger charge is -1.98. The molecule has 0 saturated heterocycles. The molecule has 0 amide bonds. The molecule has 4 nitrogen and oxygen atoms in total. The highest BCUT2D eigenvalue weighted by atomic mass is 79.9. The van der Waals surface area contributed by atoms with Crippen LogP contribution in [0.2, 0.25) is 0 Å². The maximum atomic E-state index is 10.8. The minimum atomic E-state index is -0.931. The summed E-state index contributed by atoms with van der Waals surface area (Å²) in [6.07, 6.45) is 1.64. The predicted octanol–water partition coefficient (Wildman–Crippen LogP) is 2.03. The molecule has 0 aromatic carbocycles. The second-order valence-corrected chi connectivity index (χ2v) is 3.77. The van der Waals surface area contributed by atoms with Crippen LogP contribution >= 0.6 is 15.9 Å². The standard InChI is InChI=1S/C9H7BrN2O2/c1-12-6(9(13)14)2-5-3-8(10)11-4-7(5)12/h2-4H,1H3,(H,13,14). The monoisotopic (exact) mass is 254 g/mol. The molecule has 0 atom stereocenters. The van der Waals surface area contributed by atoms with Crippen LogP contribution in [0.4, 0.5) is 0 Å². The Labute approximate surface area is 88.3 Å². The second kappa shape index (κ2) is 3.09. The normalized spacial score (nSPS) is 10.7. The van der Waals surface area contributed by atoms with Crippen LogP contribution in [0.3, 0.4) is 0 Å². The Morgan fingerprint density at radius 2 is 2.29 bits per heavy atom. The van der Waals surface area contributed by atoms with Crippen LogP contribution < -0.4 is 0 Å². The molecular formula is C9H7BrN2O2. The number of carboxylic acids is 1. The van der Waals surface area contributed by atoms with Gasteiger partial charge in [0, 0.05) is 12.4 Å². The van der Waals surface area contributed by atoms with Gasteiger partial charge in [0.1, 0.15) is 10.3 Å². The fraction of sp³-hybridized carbons (Fsp3) is 0.111. The highest BCUT2D eigenvalue weighted by molar-refractivity contribution is 9.10. The van der Waals surface area contributed by atoms with Gasteiger partial charge in [0.25, 0.3) is 0 Å². The van der Waals surface area contributed by atoms with Crippen LogP contribution in [-0.4, -0.2) is 20.6 Å². The molecule has 14 heavy (non-hydrogen) atoms. The smallest absolute Gasteiger partial charge is 0.352 e. The summed E-state index contributed by atoms with van der Waals surface area (Å²) in [6.45, 7) is 0. The van der Waals surface area contributed by atoms with Crippen molar-refractivity contribution in [1.82, 2.24) is 9.55 Å². The Kier molecular flexibility index (Phi) is 2.03. The van der Waals surface area contributed by atoms with Crippen LogP contribution in [0.25, 0.3) is 10.9 Å². The molecule has 0 fully saturated rings. The highest BCUT2D eigenvalue weighted by Gasteiger charge is 2.11. The summed E-state index contributed by atoms with van der Waals surface area (Å²) in [6, 6.07) is 3.42. The third-order valence-corrected chi connectivity index (χ3v) is 2.55. The maximum absolute atomic E-state index is 10.8. The van der Waals surface area contributed by atoms with E-state index in [-0.39, 0.29) is 5.69 Å². The minimum absolute atomic E-state index is 0.264. The molecule has 1 N–H and O–H groups in total. The van der Waals surface area contributed by atoms with Crippen molar-refractivity contribution < 1.29 is 9.90 Å². The maximum Gasteiger partial charge on any atom is 0.352 e. The van der Waals surface area contributed by atoms with Gasteiger partial charge in [-0.25, -0.2) is 9.78 Å². The van der Waals surface area contributed by atoms with Crippen molar-refractivity contribution in [3.63, 3.8) is 0 Å². The molecule has 0 radical (unpaired) electrons. The van der Waals surface area contributed by atoms with Gasteiger partial charge in [-0.3, -0.25) is 0 Å². The molecule has 5 heteroatoms. The van der Waals surface area contributed by atoms with E-state index in [4.69, 9.17) is 5.11 Å². The number of halogens is 1. The molecule has 0 aliphatic carbocycles. The molecule has 2 rings (SSSR count). The lowest BCUT2D eigenvalue weighted by Crippen LogP contribution is -2.03. The van der Waals surface area contributed by atoms with E-state index < -0.39 is 5.97 Å². The van der Waals surface area contributed by atoms with Crippen LogP contribution in [0, 0.1) is 0 Å². The Balaban J connectivity index is 2.79. The number of aromatic carboxylic acids is 1. The number of aromatic nitrogens is 2. The van der Waals surface area contributed by atoms with Crippen molar-refractivity contribution in [2.45, 2.75) is 0 Å². The number of rotatable bonds is 1. The number of hydrogen-bond acceptors (Lipinski definition) is 2. The average molecular weight is 255 g/mol. The van der Waals surface area contributed by atoms with Crippen LogP contribution in [0.1, 0.15) is 10.5 Å². The zero-order valence-corrected chi connectivity index (χ0v) is 8.95. The van der Waals surface area contributed by atoms with E-state index in [9.17, 15) is 4.79 Å². The Morgan fingerprint density at radius 3 is 2.93 bits per heavy atom. The van der Waals surface area contributed by atoms with E-state index in [1.165, 1.54) is 0 Å². The molecule has 0 spiro atoms. The first-order valence-corrected chi connectivity index (χ1v) is 4.73. The first-order chi connectivity index (χ1) is 6.59. The molecule has 2 heterocycles. The van der Waals surface area contributed by atoms with Gasteiger partial charge in [-0.2, -0.15) is 0 Å². The third kappa shape index (κ3) is 1.29. The summed E-state index contributed by atoms with van der Waals surface area (Å²) in [7, 11) is 1.71. The lowest BCUT2D eigenvalue weighted by molar-refractivity contribution is 0.0687. The van der Waals surface area contributed by atoms with Gasteiger partial charge in [0.2, 0.25) is 0 Å². The summed E-state index contributed by atoms with van der Waals surface area (Å²) >= 11 is 3.24. The van der Waals surface area contributed by atoms with Gasteiger partial charge in [0.15, 0.2) is 0 Å². The first kappa shape index (κ1) is 9.21. The second-order valence-electron chi connectivity index (χ2n) is 2.96. The number of carboxylic acid groups (broad SMARTS) is 1. The van der Waals surface area contributed by atoms with E-state index in [1.807, 2.05) is 0 Å². The summed E-state index contributed by atoms with van der Waals surface area (Å²) in [5, 5.41) is 9.75. The SMILES string of the molecule is Cn1c(C(=O)O)cc2cc(Br)ncc21. The van der Waals surface area contributed by atoms with Crippen molar-refractivity contribution in [2.75, 3.05) is 0 Å². The van der Waals surface area contributed by atoms with Crippen molar-refractivity contribution >= 4 is 32.8 Å². The molecular weight excluding hydrogens is 248 g/mol. The topological polar surface area (TPSA) is 55.1 Å². The highest BCUT2D eigenvalue weighted by Crippen LogP contribution is 2.20. The summed E-state index contributed by atoms with van der Waals surface area (Å²) in [4.78, 5) is 14.9. The predicted molar refractivity (Wildman–Crippen MR) is 55.4 cm³/mol. The molecule has 2 aromatic heterocycles. The van der Waals surface area contributed by atoms with Gasteiger partial charge in [-0.1, -0.05) is 0 Å². The van der Waals surface area contributed by atoms with E-state index in [0.717, 1.165) is 10.9 Å². The van der Waals surface area contributed by atoms with E-state index in [0.29, 0.717) is 4.60 Å². The quantitative estimate of drug-likeness (QED) is 0.793. The summed E-state index contributed by atoms with van der Waals surface area (Å²) < 4.78 is 2.31. The molecule has 0 unspecified atom stereocenters. The van der Waals surface area contributed by atoms with Gasteiger partial charge < -0.3 is 9.67 Å². The third-order valence-electron chi connectivity index (χ3n) is 2.11. The molecule has 0 aliphatic heterocycles. The molecule has 0 aliphatic rings. The van der Waals surface area contributed by atoms with E-state index >= 15 is 0 Å². The molecule has 0 saturated carbocycles. The summed E-state index contributed by atoms with van der Waals surface area (Å²) in [5.74, 6) is -0.931. The number of aryl methyl sites for hydroxylation is 1. The number of pyridine rings is 1. The zero-order chi connectivity index (χ0) is 10.3. The first-order valence-electron chi connectivity index (χ1n) is 3.94. The van der Waals surface area contributed by atoms with Gasteiger partial charge in [0.05, 0.1) is 11.7 Å². The van der Waals surface area contributed by atoms with Gasteiger partial charge in [-0.05, 0) is 28.1 Å². The Hall–Kier alpha value is -1.36. The van der Waals surface area contributed by atoms with Gasteiger partial charge in [-0.15, -0.1) is 0 Å². The van der Waals surface area contributed by atoms with Crippen LogP contribution in [0.15, 0.2) is 22.9 Å². The van der Waals surface area contributed by atoms with Crippen LogP contribution in [-0.2, 0) is 7.05 Å².